The number of hydrogen-bond donors (Lipinski definition) is 0. The Morgan fingerprint density at radius 3 is 3.00 bits per heavy atom. The molecular weight excluding hydrogens is 301 g/mol. The largest absolute Gasteiger partial charge is 0.457 e. The number of carbonyl (C=O) groups is 1. The standard InChI is InChI=1S/C17H18FNO4/c1-11(21-9-12-5-6-12)17(20)22-10-15-8-16(23-19-15)13-3-2-4-14(18)7-13/h2-4,7-8,11-12H,5-6,9-10H2,1H3/t11-/m0/s1. The average molecular weight is 319 g/mol. The number of ether oxygens (including phenoxy) is 2. The van der Waals surface area contributed by atoms with Crippen LogP contribution in [0.15, 0.2) is 34.9 Å². The topological polar surface area (TPSA) is 61.6 Å². The van der Waals surface area contributed by atoms with Gasteiger partial charge in [-0.15, -0.1) is 0 Å². The van der Waals surface area contributed by atoms with Gasteiger partial charge in [-0.1, -0.05) is 17.3 Å². The maximum absolute atomic E-state index is 13.2. The second-order valence-corrected chi connectivity index (χ2v) is 5.72. The smallest absolute Gasteiger partial charge is 0.335 e. The molecule has 0 unspecified atom stereocenters. The van der Waals surface area contributed by atoms with Crippen LogP contribution in [0, 0.1) is 11.7 Å². The zero-order valence-corrected chi connectivity index (χ0v) is 12.8. The van der Waals surface area contributed by atoms with Gasteiger partial charge in [0.25, 0.3) is 0 Å². The number of rotatable bonds is 7. The number of aromatic nitrogens is 1. The van der Waals surface area contributed by atoms with E-state index in [0.717, 1.165) is 0 Å². The highest BCUT2D eigenvalue weighted by Crippen LogP contribution is 2.29. The van der Waals surface area contributed by atoms with E-state index in [-0.39, 0.29) is 12.4 Å². The maximum atomic E-state index is 13.2. The summed E-state index contributed by atoms with van der Waals surface area (Å²) in [5.41, 5.74) is 1.04. The first-order valence-electron chi connectivity index (χ1n) is 7.61. The van der Waals surface area contributed by atoms with E-state index in [1.54, 1.807) is 25.1 Å². The third kappa shape index (κ3) is 4.39. The molecule has 3 rings (SSSR count). The molecule has 0 amide bonds. The summed E-state index contributed by atoms with van der Waals surface area (Å²) in [6, 6.07) is 7.63. The Bertz CT molecular complexity index is 681. The molecule has 1 aromatic carbocycles. The third-order valence-electron chi connectivity index (χ3n) is 3.64. The van der Waals surface area contributed by atoms with E-state index >= 15 is 0 Å². The summed E-state index contributed by atoms with van der Waals surface area (Å²) < 4.78 is 28.9. The molecule has 1 saturated carbocycles. The van der Waals surface area contributed by atoms with Gasteiger partial charge >= 0.3 is 5.97 Å². The van der Waals surface area contributed by atoms with Crippen LogP contribution in [0.25, 0.3) is 11.3 Å². The molecule has 0 saturated heterocycles. The van der Waals surface area contributed by atoms with Crippen LogP contribution in [0.2, 0.25) is 0 Å². The minimum Gasteiger partial charge on any atom is -0.457 e. The number of halogens is 1. The van der Waals surface area contributed by atoms with Crippen LogP contribution in [-0.2, 0) is 20.9 Å². The summed E-state index contributed by atoms with van der Waals surface area (Å²) in [5, 5.41) is 3.82. The molecule has 1 aromatic heterocycles. The monoisotopic (exact) mass is 319 g/mol. The average Bonchev–Trinajstić information content (AvgIpc) is 3.26. The SMILES string of the molecule is C[C@H](OCC1CC1)C(=O)OCc1cc(-c2cccc(F)c2)on1. The molecule has 1 heterocycles. The summed E-state index contributed by atoms with van der Waals surface area (Å²) in [6.07, 6.45) is 1.75. The quantitative estimate of drug-likeness (QED) is 0.733. The molecule has 23 heavy (non-hydrogen) atoms. The lowest BCUT2D eigenvalue weighted by atomic mass is 10.1. The molecule has 0 bridgehead atoms. The molecule has 2 aromatic rings. The number of hydrogen-bond acceptors (Lipinski definition) is 5. The van der Waals surface area contributed by atoms with Gasteiger partial charge in [0, 0.05) is 11.6 Å². The highest BCUT2D eigenvalue weighted by molar-refractivity contribution is 5.74. The molecule has 1 aliphatic carbocycles. The summed E-state index contributed by atoms with van der Waals surface area (Å²) in [7, 11) is 0. The predicted molar refractivity (Wildman–Crippen MR) is 79.8 cm³/mol. The first-order chi connectivity index (χ1) is 11.1. The van der Waals surface area contributed by atoms with Crippen LogP contribution in [0.3, 0.4) is 0 Å². The molecule has 0 aliphatic heterocycles. The van der Waals surface area contributed by atoms with E-state index in [2.05, 4.69) is 5.16 Å². The molecule has 1 aliphatic rings. The number of nitrogens with zero attached hydrogens (tertiary/aromatic N) is 1. The van der Waals surface area contributed by atoms with Crippen molar-refractivity contribution in [1.29, 1.82) is 0 Å². The Morgan fingerprint density at radius 1 is 1.43 bits per heavy atom. The minimum atomic E-state index is -0.592. The Hall–Kier alpha value is -2.21. The van der Waals surface area contributed by atoms with E-state index < -0.39 is 12.1 Å². The normalized spacial score (nSPS) is 15.4. The van der Waals surface area contributed by atoms with Crippen LogP contribution in [-0.4, -0.2) is 23.8 Å². The molecule has 122 valence electrons. The highest BCUT2D eigenvalue weighted by Gasteiger charge is 2.24. The van der Waals surface area contributed by atoms with Gasteiger partial charge in [-0.05, 0) is 37.8 Å². The predicted octanol–water partition coefficient (Wildman–Crippen LogP) is 3.34. The van der Waals surface area contributed by atoms with Crippen LogP contribution >= 0.6 is 0 Å². The zero-order valence-electron chi connectivity index (χ0n) is 12.8. The summed E-state index contributed by atoms with van der Waals surface area (Å²) in [4.78, 5) is 11.8. The summed E-state index contributed by atoms with van der Waals surface area (Å²) in [6.45, 7) is 2.27. The fourth-order valence-electron chi connectivity index (χ4n) is 2.05. The van der Waals surface area contributed by atoms with Gasteiger partial charge in [-0.2, -0.15) is 0 Å². The van der Waals surface area contributed by atoms with Gasteiger partial charge in [0.05, 0.1) is 6.61 Å². The van der Waals surface area contributed by atoms with Crippen molar-refractivity contribution in [2.75, 3.05) is 6.61 Å². The number of benzene rings is 1. The van der Waals surface area contributed by atoms with Crippen molar-refractivity contribution < 1.29 is 23.2 Å². The molecule has 6 heteroatoms. The second-order valence-electron chi connectivity index (χ2n) is 5.72. The van der Waals surface area contributed by atoms with Gasteiger partial charge < -0.3 is 14.0 Å². The molecule has 1 fully saturated rings. The van der Waals surface area contributed by atoms with Gasteiger partial charge in [0.1, 0.15) is 18.1 Å². The molecule has 0 radical (unpaired) electrons. The van der Waals surface area contributed by atoms with Crippen LogP contribution in [0.5, 0.6) is 0 Å². The van der Waals surface area contributed by atoms with Gasteiger partial charge in [0.2, 0.25) is 0 Å². The highest BCUT2D eigenvalue weighted by atomic mass is 19.1. The van der Waals surface area contributed by atoms with Crippen molar-refractivity contribution in [2.24, 2.45) is 5.92 Å². The lowest BCUT2D eigenvalue weighted by Gasteiger charge is -2.11. The van der Waals surface area contributed by atoms with Crippen LogP contribution < -0.4 is 0 Å². The molecule has 0 spiro atoms. The fraction of sp³-hybridized carbons (Fsp3) is 0.412. The molecule has 5 nitrogen and oxygen atoms in total. The Balaban J connectivity index is 1.51. The Morgan fingerprint density at radius 2 is 2.26 bits per heavy atom. The van der Waals surface area contributed by atoms with E-state index in [1.165, 1.54) is 25.0 Å². The van der Waals surface area contributed by atoms with Crippen LogP contribution in [0.4, 0.5) is 4.39 Å². The molecule has 0 N–H and O–H groups in total. The van der Waals surface area contributed by atoms with Crippen LogP contribution in [0.1, 0.15) is 25.5 Å². The van der Waals surface area contributed by atoms with Crippen molar-refractivity contribution >= 4 is 5.97 Å². The molecule has 1 atom stereocenters. The lowest BCUT2D eigenvalue weighted by molar-refractivity contribution is -0.157. The second kappa shape index (κ2) is 6.91. The first-order valence-corrected chi connectivity index (χ1v) is 7.61. The Kier molecular flexibility index (Phi) is 4.71. The third-order valence-corrected chi connectivity index (χ3v) is 3.64. The van der Waals surface area contributed by atoms with Crippen molar-refractivity contribution in [1.82, 2.24) is 5.16 Å². The fourth-order valence-corrected chi connectivity index (χ4v) is 2.05. The first kappa shape index (κ1) is 15.7. The summed E-state index contributed by atoms with van der Waals surface area (Å²) >= 11 is 0. The van der Waals surface area contributed by atoms with Crippen molar-refractivity contribution in [3.63, 3.8) is 0 Å². The van der Waals surface area contributed by atoms with Crippen molar-refractivity contribution in [3.05, 3.63) is 41.8 Å². The summed E-state index contributed by atoms with van der Waals surface area (Å²) in [5.74, 6) is 0.234. The number of esters is 1. The van der Waals surface area contributed by atoms with Gasteiger partial charge in [-0.25, -0.2) is 9.18 Å². The van der Waals surface area contributed by atoms with E-state index in [1.807, 2.05) is 0 Å². The number of carbonyl (C=O) groups excluding carboxylic acids is 1. The zero-order chi connectivity index (χ0) is 16.2. The van der Waals surface area contributed by atoms with E-state index in [4.69, 9.17) is 14.0 Å². The van der Waals surface area contributed by atoms with E-state index in [9.17, 15) is 9.18 Å². The Labute approximate surface area is 133 Å². The lowest BCUT2D eigenvalue weighted by Crippen LogP contribution is -2.24. The van der Waals surface area contributed by atoms with Crippen molar-refractivity contribution in [2.45, 2.75) is 32.5 Å². The van der Waals surface area contributed by atoms with Gasteiger partial charge in [-0.3, -0.25) is 0 Å². The molecular formula is C17H18FNO4. The maximum Gasteiger partial charge on any atom is 0.335 e. The van der Waals surface area contributed by atoms with E-state index in [0.29, 0.717) is 29.5 Å². The van der Waals surface area contributed by atoms with Crippen molar-refractivity contribution in [3.8, 4) is 11.3 Å². The minimum absolute atomic E-state index is 0.00518. The van der Waals surface area contributed by atoms with Gasteiger partial charge in [0.15, 0.2) is 11.9 Å².